The zero-order chi connectivity index (χ0) is 23.4. The first kappa shape index (κ1) is 24.1. The lowest BCUT2D eigenvalue weighted by Gasteiger charge is -2.21. The average Bonchev–Trinajstić information content (AvgIpc) is 2.67. The van der Waals surface area contributed by atoms with Crippen molar-refractivity contribution in [2.75, 3.05) is 17.1 Å². The van der Waals surface area contributed by atoms with E-state index in [1.807, 2.05) is 0 Å². The number of sulfonamides is 1. The molecule has 10 heteroatoms. The van der Waals surface area contributed by atoms with Gasteiger partial charge in [0.2, 0.25) is 11.8 Å². The van der Waals surface area contributed by atoms with Crippen LogP contribution in [-0.4, -0.2) is 33.4 Å². The fourth-order valence-electron chi connectivity index (χ4n) is 2.41. The molecule has 2 rings (SSSR count). The maximum Gasteiger partial charge on any atom is 0.262 e. The Labute approximate surface area is 181 Å². The minimum Gasteiger partial charge on any atom is -0.495 e. The summed E-state index contributed by atoms with van der Waals surface area (Å²) in [4.78, 5) is 24.4. The lowest BCUT2D eigenvalue weighted by atomic mass is 9.95. The Morgan fingerprint density at radius 3 is 2.23 bits per heavy atom. The predicted octanol–water partition coefficient (Wildman–Crippen LogP) is 3.12. The van der Waals surface area contributed by atoms with E-state index < -0.39 is 33.2 Å². The van der Waals surface area contributed by atoms with Crippen molar-refractivity contribution in [1.82, 2.24) is 5.32 Å². The van der Waals surface area contributed by atoms with Crippen LogP contribution < -0.4 is 20.1 Å². The second-order valence-electron chi connectivity index (χ2n) is 7.91. The summed E-state index contributed by atoms with van der Waals surface area (Å²) >= 11 is 0. The van der Waals surface area contributed by atoms with Gasteiger partial charge in [0.15, 0.2) is 0 Å². The van der Waals surface area contributed by atoms with Crippen molar-refractivity contribution in [2.24, 2.45) is 5.41 Å². The largest absolute Gasteiger partial charge is 0.495 e. The van der Waals surface area contributed by atoms with Gasteiger partial charge in [-0.2, -0.15) is 0 Å². The lowest BCUT2D eigenvalue weighted by molar-refractivity contribution is -0.131. The molecule has 0 spiro atoms. The molecule has 0 fully saturated rings. The van der Waals surface area contributed by atoms with E-state index in [0.717, 1.165) is 24.3 Å². The van der Waals surface area contributed by atoms with Crippen molar-refractivity contribution in [3.8, 4) is 5.75 Å². The molecule has 0 aliphatic rings. The van der Waals surface area contributed by atoms with Crippen LogP contribution in [0.15, 0.2) is 47.4 Å². The molecule has 2 aromatic rings. The molecule has 0 heterocycles. The molecule has 31 heavy (non-hydrogen) atoms. The standard InChI is InChI=1S/C21H26FN3O5S/c1-13(23-20(27)21(2,3)4)19(26)24-15-8-11-18(30-5)17(12-15)25-31(28,29)16-9-6-14(22)7-10-16/h6-13,25H,1-5H3,(H,23,27)(H,24,26)/t13-/m1/s1. The van der Waals surface area contributed by atoms with Crippen molar-refractivity contribution in [1.29, 1.82) is 0 Å². The molecule has 168 valence electrons. The van der Waals surface area contributed by atoms with E-state index in [1.54, 1.807) is 27.7 Å². The van der Waals surface area contributed by atoms with Gasteiger partial charge in [0.25, 0.3) is 10.0 Å². The number of rotatable bonds is 7. The summed E-state index contributed by atoms with van der Waals surface area (Å²) in [6.07, 6.45) is 0. The van der Waals surface area contributed by atoms with Gasteiger partial charge in [-0.05, 0) is 49.4 Å². The molecule has 0 aliphatic carbocycles. The van der Waals surface area contributed by atoms with E-state index in [1.165, 1.54) is 25.3 Å². The second kappa shape index (κ2) is 9.34. The van der Waals surface area contributed by atoms with Gasteiger partial charge in [0, 0.05) is 11.1 Å². The number of amides is 2. The highest BCUT2D eigenvalue weighted by Crippen LogP contribution is 2.30. The average molecular weight is 452 g/mol. The number of ether oxygens (including phenoxy) is 1. The number of anilines is 2. The molecule has 3 N–H and O–H groups in total. The number of hydrogen-bond donors (Lipinski definition) is 3. The monoisotopic (exact) mass is 451 g/mol. The topological polar surface area (TPSA) is 114 Å². The molecule has 2 aromatic carbocycles. The second-order valence-corrected chi connectivity index (χ2v) is 9.59. The summed E-state index contributed by atoms with van der Waals surface area (Å²) in [5.74, 6) is -1.10. The Bertz CT molecular complexity index is 1060. The number of nitrogens with one attached hydrogen (secondary N) is 3. The minimum absolute atomic E-state index is 0.0796. The summed E-state index contributed by atoms with van der Waals surface area (Å²) in [7, 11) is -2.65. The molecule has 0 saturated heterocycles. The third-order valence-corrected chi connectivity index (χ3v) is 5.64. The third kappa shape index (κ3) is 6.42. The van der Waals surface area contributed by atoms with Crippen LogP contribution in [0.1, 0.15) is 27.7 Å². The van der Waals surface area contributed by atoms with E-state index in [0.29, 0.717) is 5.69 Å². The molecule has 1 atom stereocenters. The molecule has 0 aromatic heterocycles. The Morgan fingerprint density at radius 1 is 1.06 bits per heavy atom. The highest BCUT2D eigenvalue weighted by Gasteiger charge is 2.25. The summed E-state index contributed by atoms with van der Waals surface area (Å²) in [6, 6.07) is 7.93. The molecule has 0 unspecified atom stereocenters. The normalized spacial score (nSPS) is 12.6. The Balaban J connectivity index is 2.21. The van der Waals surface area contributed by atoms with Crippen LogP contribution in [0.3, 0.4) is 0 Å². The lowest BCUT2D eigenvalue weighted by Crippen LogP contribution is -2.46. The highest BCUT2D eigenvalue weighted by molar-refractivity contribution is 7.92. The Morgan fingerprint density at radius 2 is 1.68 bits per heavy atom. The van der Waals surface area contributed by atoms with Crippen LogP contribution >= 0.6 is 0 Å². The third-order valence-electron chi connectivity index (χ3n) is 4.26. The van der Waals surface area contributed by atoms with Crippen molar-refractivity contribution in [3.63, 3.8) is 0 Å². The number of hydrogen-bond acceptors (Lipinski definition) is 5. The van der Waals surface area contributed by atoms with Crippen LogP contribution in [0.2, 0.25) is 0 Å². The number of benzene rings is 2. The van der Waals surface area contributed by atoms with Gasteiger partial charge in [-0.3, -0.25) is 14.3 Å². The van der Waals surface area contributed by atoms with Gasteiger partial charge >= 0.3 is 0 Å². The first-order valence-electron chi connectivity index (χ1n) is 9.42. The number of halogens is 1. The van der Waals surface area contributed by atoms with E-state index in [2.05, 4.69) is 15.4 Å². The van der Waals surface area contributed by atoms with Gasteiger partial charge in [0.1, 0.15) is 17.6 Å². The predicted molar refractivity (Wildman–Crippen MR) is 116 cm³/mol. The summed E-state index contributed by atoms with van der Waals surface area (Å²) in [6.45, 7) is 6.74. The number of methoxy groups -OCH3 is 1. The van der Waals surface area contributed by atoms with Crippen LogP contribution in [-0.2, 0) is 19.6 Å². The van der Waals surface area contributed by atoms with Crippen LogP contribution in [0.5, 0.6) is 5.75 Å². The maximum atomic E-state index is 13.1. The number of carbonyl (C=O) groups excluding carboxylic acids is 2. The first-order chi connectivity index (χ1) is 14.3. The van der Waals surface area contributed by atoms with Gasteiger partial charge in [-0.25, -0.2) is 12.8 Å². The fraction of sp³-hybridized carbons (Fsp3) is 0.333. The van der Waals surface area contributed by atoms with Gasteiger partial charge in [-0.15, -0.1) is 0 Å². The zero-order valence-electron chi connectivity index (χ0n) is 17.9. The maximum absolute atomic E-state index is 13.1. The SMILES string of the molecule is COc1ccc(NC(=O)[C@@H](C)NC(=O)C(C)(C)C)cc1NS(=O)(=O)c1ccc(F)cc1. The molecule has 2 amide bonds. The molecule has 0 saturated carbocycles. The van der Waals surface area contributed by atoms with E-state index in [9.17, 15) is 22.4 Å². The van der Waals surface area contributed by atoms with Gasteiger partial charge < -0.3 is 15.4 Å². The van der Waals surface area contributed by atoms with Crippen LogP contribution in [0.25, 0.3) is 0 Å². The molecule has 0 radical (unpaired) electrons. The van der Waals surface area contributed by atoms with E-state index in [-0.39, 0.29) is 22.2 Å². The molecular weight excluding hydrogens is 425 g/mol. The molecule has 8 nitrogen and oxygen atoms in total. The van der Waals surface area contributed by atoms with Gasteiger partial charge in [-0.1, -0.05) is 20.8 Å². The molecular formula is C21H26FN3O5S. The number of carbonyl (C=O) groups is 2. The van der Waals surface area contributed by atoms with Crippen LogP contribution in [0.4, 0.5) is 15.8 Å². The first-order valence-corrected chi connectivity index (χ1v) is 10.9. The Kier molecular flexibility index (Phi) is 7.27. The molecule has 0 bridgehead atoms. The summed E-state index contributed by atoms with van der Waals surface area (Å²) < 4.78 is 45.9. The summed E-state index contributed by atoms with van der Waals surface area (Å²) in [5.41, 5.74) is -0.282. The van der Waals surface area contributed by atoms with Crippen LogP contribution in [0, 0.1) is 11.2 Å². The van der Waals surface area contributed by atoms with Crippen molar-refractivity contribution < 1.29 is 27.1 Å². The van der Waals surface area contributed by atoms with Gasteiger partial charge in [0.05, 0.1) is 17.7 Å². The molecule has 0 aliphatic heterocycles. The quantitative estimate of drug-likeness (QED) is 0.599. The minimum atomic E-state index is -4.02. The Hall–Kier alpha value is -3.14. The van der Waals surface area contributed by atoms with E-state index in [4.69, 9.17) is 4.74 Å². The zero-order valence-corrected chi connectivity index (χ0v) is 18.8. The summed E-state index contributed by atoms with van der Waals surface area (Å²) in [5, 5.41) is 5.25. The highest BCUT2D eigenvalue weighted by atomic mass is 32.2. The smallest absolute Gasteiger partial charge is 0.262 e. The van der Waals surface area contributed by atoms with Crippen molar-refractivity contribution in [2.45, 2.75) is 38.6 Å². The fourth-order valence-corrected chi connectivity index (χ4v) is 3.47. The van der Waals surface area contributed by atoms with E-state index >= 15 is 0 Å². The van der Waals surface area contributed by atoms with Crippen molar-refractivity contribution >= 4 is 33.2 Å². The van der Waals surface area contributed by atoms with Crippen molar-refractivity contribution in [3.05, 3.63) is 48.3 Å².